The quantitative estimate of drug-likeness (QED) is 0.669. The van der Waals surface area contributed by atoms with E-state index in [1.165, 1.54) is 28.2 Å². The molecule has 3 atom stereocenters. The van der Waals surface area contributed by atoms with Crippen LogP contribution in [-0.2, 0) is 17.6 Å². The van der Waals surface area contributed by atoms with Crippen LogP contribution in [-0.4, -0.2) is 31.2 Å². The molecule has 7 heteroatoms. The maximum Gasteiger partial charge on any atom is 0.333 e. The van der Waals surface area contributed by atoms with Crippen molar-refractivity contribution in [1.82, 2.24) is 16.2 Å². The van der Waals surface area contributed by atoms with Gasteiger partial charge in [0.1, 0.15) is 0 Å². The predicted molar refractivity (Wildman–Crippen MR) is 111 cm³/mol. The second-order valence-electron chi connectivity index (χ2n) is 9.26. The van der Waals surface area contributed by atoms with Gasteiger partial charge in [-0.05, 0) is 55.1 Å². The Morgan fingerprint density at radius 2 is 2.04 bits per heavy atom. The van der Waals surface area contributed by atoms with Gasteiger partial charge in [-0.15, -0.1) is 11.3 Å². The van der Waals surface area contributed by atoms with Gasteiger partial charge in [-0.1, -0.05) is 27.7 Å². The third-order valence-electron chi connectivity index (χ3n) is 5.67. The summed E-state index contributed by atoms with van der Waals surface area (Å²) in [5, 5.41) is 2.87. The molecule has 6 nitrogen and oxygen atoms in total. The average Bonchev–Trinajstić information content (AvgIpc) is 3.07. The van der Waals surface area contributed by atoms with Crippen molar-refractivity contribution in [3.8, 4) is 0 Å². The molecule has 1 fully saturated rings. The molecule has 1 aromatic rings. The minimum absolute atomic E-state index is 0.0350. The Morgan fingerprint density at radius 3 is 2.79 bits per heavy atom. The summed E-state index contributed by atoms with van der Waals surface area (Å²) in [5.74, 6) is 0.694. The Hall–Kier alpha value is -1.60. The molecule has 1 aromatic heterocycles. The number of rotatable bonds is 3. The van der Waals surface area contributed by atoms with Crippen LogP contribution in [0.2, 0.25) is 0 Å². The molecule has 0 spiro atoms. The van der Waals surface area contributed by atoms with Crippen molar-refractivity contribution in [3.05, 3.63) is 21.4 Å². The lowest BCUT2D eigenvalue weighted by Crippen LogP contribution is -2.50. The number of nitrogens with one attached hydrogen (secondary N) is 3. The summed E-state index contributed by atoms with van der Waals surface area (Å²) >= 11 is 1.54. The van der Waals surface area contributed by atoms with Crippen molar-refractivity contribution >= 4 is 23.3 Å². The van der Waals surface area contributed by atoms with E-state index in [0.29, 0.717) is 17.3 Å². The number of urea groups is 1. The van der Waals surface area contributed by atoms with Gasteiger partial charge in [-0.25, -0.2) is 10.2 Å². The van der Waals surface area contributed by atoms with Crippen LogP contribution in [0.25, 0.3) is 0 Å². The Labute approximate surface area is 171 Å². The smallest absolute Gasteiger partial charge is 0.333 e. The lowest BCUT2D eigenvalue weighted by Gasteiger charge is -2.40. The van der Waals surface area contributed by atoms with E-state index in [1.807, 2.05) is 6.07 Å². The van der Waals surface area contributed by atoms with Crippen LogP contribution in [0.5, 0.6) is 0 Å². The fourth-order valence-corrected chi connectivity index (χ4v) is 5.37. The molecule has 1 aliphatic heterocycles. The lowest BCUT2D eigenvalue weighted by atomic mass is 9.78. The number of amides is 3. The van der Waals surface area contributed by atoms with Gasteiger partial charge in [0.05, 0.1) is 11.0 Å². The number of fused-ring (bicyclic) bond motifs is 1. The lowest BCUT2D eigenvalue weighted by molar-refractivity contribution is -0.0838. The van der Waals surface area contributed by atoms with E-state index >= 15 is 0 Å². The zero-order chi connectivity index (χ0) is 20.3. The Balaban J connectivity index is 1.46. The number of ether oxygens (including phenoxy) is 1. The summed E-state index contributed by atoms with van der Waals surface area (Å²) in [6, 6.07) is 1.58. The van der Waals surface area contributed by atoms with Crippen molar-refractivity contribution in [2.24, 2.45) is 17.3 Å². The topological polar surface area (TPSA) is 79.5 Å². The molecule has 3 amide bonds. The number of hydrogen-bond acceptors (Lipinski definition) is 4. The molecule has 0 aromatic carbocycles. The van der Waals surface area contributed by atoms with E-state index < -0.39 is 0 Å². The molecule has 0 radical (unpaired) electrons. The zero-order valence-electron chi connectivity index (χ0n) is 17.4. The van der Waals surface area contributed by atoms with Crippen LogP contribution in [0.3, 0.4) is 0 Å². The molecule has 0 saturated carbocycles. The second kappa shape index (κ2) is 8.82. The summed E-state index contributed by atoms with van der Waals surface area (Å²) in [6.07, 6.45) is 5.42. The van der Waals surface area contributed by atoms with Crippen molar-refractivity contribution in [2.45, 2.75) is 65.9 Å². The normalized spacial score (nSPS) is 24.9. The first-order valence-corrected chi connectivity index (χ1v) is 11.1. The summed E-state index contributed by atoms with van der Waals surface area (Å²) in [5.41, 5.74) is 6.32. The van der Waals surface area contributed by atoms with Crippen LogP contribution in [0.15, 0.2) is 6.07 Å². The Morgan fingerprint density at radius 1 is 1.25 bits per heavy atom. The monoisotopic (exact) mass is 407 g/mol. The number of aryl methyl sites for hydroxylation is 1. The summed E-state index contributed by atoms with van der Waals surface area (Å²) in [6.45, 7) is 10.1. The standard InChI is InChI=1S/C21H33N3O3S/c1-13-7-8-16-15(10-13)11-17(28-16)19(25)23-24-20(26)22-12-14-6-5-9-27-18(14)21(2,3)4/h11,13-14,18H,5-10,12H2,1-4H3,(H,23,25)(H2,22,24,26). The third kappa shape index (κ3) is 5.26. The third-order valence-corrected chi connectivity index (χ3v) is 6.90. The van der Waals surface area contributed by atoms with Crippen molar-refractivity contribution < 1.29 is 14.3 Å². The summed E-state index contributed by atoms with van der Waals surface area (Å²) < 4.78 is 5.95. The Bertz CT molecular complexity index is 710. The van der Waals surface area contributed by atoms with Crippen LogP contribution in [0, 0.1) is 17.3 Å². The molecule has 3 N–H and O–H groups in total. The molecule has 156 valence electrons. The molecule has 2 aliphatic rings. The van der Waals surface area contributed by atoms with Gasteiger partial charge >= 0.3 is 6.03 Å². The highest BCUT2D eigenvalue weighted by Crippen LogP contribution is 2.34. The minimum Gasteiger partial charge on any atom is -0.377 e. The van der Waals surface area contributed by atoms with E-state index in [9.17, 15) is 9.59 Å². The number of carbonyl (C=O) groups excluding carboxylic acids is 2. The Kier molecular flexibility index (Phi) is 6.65. The van der Waals surface area contributed by atoms with Crippen LogP contribution in [0.1, 0.15) is 67.1 Å². The van der Waals surface area contributed by atoms with Crippen LogP contribution >= 0.6 is 11.3 Å². The fraction of sp³-hybridized carbons (Fsp3) is 0.714. The van der Waals surface area contributed by atoms with Gasteiger partial charge in [0.15, 0.2) is 0 Å². The van der Waals surface area contributed by atoms with Gasteiger partial charge in [0, 0.05) is 23.9 Å². The summed E-state index contributed by atoms with van der Waals surface area (Å²) in [4.78, 5) is 26.5. The first-order chi connectivity index (χ1) is 13.2. The van der Waals surface area contributed by atoms with Crippen LogP contribution < -0.4 is 16.2 Å². The van der Waals surface area contributed by atoms with Crippen molar-refractivity contribution in [3.63, 3.8) is 0 Å². The maximum atomic E-state index is 12.4. The number of thiophene rings is 1. The number of carbonyl (C=O) groups is 2. The number of hydrazine groups is 1. The molecular formula is C21H33N3O3S. The molecule has 3 unspecified atom stereocenters. The number of hydrogen-bond donors (Lipinski definition) is 3. The van der Waals surface area contributed by atoms with Gasteiger partial charge < -0.3 is 10.1 Å². The van der Waals surface area contributed by atoms with Gasteiger partial charge in [0.25, 0.3) is 5.91 Å². The molecule has 1 saturated heterocycles. The minimum atomic E-state index is -0.387. The van der Waals surface area contributed by atoms with Crippen molar-refractivity contribution in [1.29, 1.82) is 0 Å². The zero-order valence-corrected chi connectivity index (χ0v) is 18.2. The van der Waals surface area contributed by atoms with Crippen LogP contribution in [0.4, 0.5) is 4.79 Å². The van der Waals surface area contributed by atoms with Crippen molar-refractivity contribution in [2.75, 3.05) is 13.2 Å². The van der Waals surface area contributed by atoms with E-state index in [1.54, 1.807) is 0 Å². The van der Waals surface area contributed by atoms with E-state index in [2.05, 4.69) is 43.9 Å². The maximum absolute atomic E-state index is 12.4. The molecular weight excluding hydrogens is 374 g/mol. The van der Waals surface area contributed by atoms with Gasteiger partial charge in [-0.2, -0.15) is 0 Å². The second-order valence-corrected chi connectivity index (χ2v) is 10.4. The van der Waals surface area contributed by atoms with E-state index in [0.717, 1.165) is 32.3 Å². The first kappa shape index (κ1) is 21.1. The fourth-order valence-electron chi connectivity index (χ4n) is 4.27. The van der Waals surface area contributed by atoms with E-state index in [4.69, 9.17) is 4.74 Å². The van der Waals surface area contributed by atoms with E-state index in [-0.39, 0.29) is 29.4 Å². The molecule has 1 aliphatic carbocycles. The summed E-state index contributed by atoms with van der Waals surface area (Å²) in [7, 11) is 0. The molecule has 0 bridgehead atoms. The average molecular weight is 408 g/mol. The molecule has 2 heterocycles. The molecule has 3 rings (SSSR count). The highest BCUT2D eigenvalue weighted by molar-refractivity contribution is 7.14. The van der Waals surface area contributed by atoms with Gasteiger partial charge in [-0.3, -0.25) is 10.2 Å². The highest BCUT2D eigenvalue weighted by Gasteiger charge is 2.35. The largest absolute Gasteiger partial charge is 0.377 e. The van der Waals surface area contributed by atoms with Gasteiger partial charge in [0.2, 0.25) is 0 Å². The SMILES string of the molecule is CC1CCc2sc(C(=O)NNC(=O)NCC3CCCOC3C(C)(C)C)cc2C1. The molecule has 28 heavy (non-hydrogen) atoms. The highest BCUT2D eigenvalue weighted by atomic mass is 32.1. The predicted octanol–water partition coefficient (Wildman–Crippen LogP) is 3.66. The first-order valence-electron chi connectivity index (χ1n) is 10.3.